The Kier molecular flexibility index (Phi) is 7.50. The number of aryl methyl sites for hydroxylation is 1. The minimum absolute atomic E-state index is 0.270. The lowest BCUT2D eigenvalue weighted by Gasteiger charge is -2.18. The van der Waals surface area contributed by atoms with Gasteiger partial charge in [0.25, 0.3) is 0 Å². The number of para-hydroxylation sites is 2. The van der Waals surface area contributed by atoms with E-state index >= 15 is 0 Å². The molecule has 0 aliphatic carbocycles. The third-order valence-corrected chi connectivity index (χ3v) is 6.02. The molecule has 6 heteroatoms. The van der Waals surface area contributed by atoms with Crippen LogP contribution in [0, 0.1) is 0 Å². The molecule has 0 atom stereocenters. The molecule has 0 bridgehead atoms. The fraction of sp³-hybridized carbons (Fsp3) is 0.125. The second kappa shape index (κ2) is 11.5. The first kappa shape index (κ1) is 24.8. The maximum Gasteiger partial charge on any atom is 0.349 e. The predicted molar refractivity (Wildman–Crippen MR) is 146 cm³/mol. The largest absolute Gasteiger partial charge is 0.481 e. The van der Waals surface area contributed by atoms with Gasteiger partial charge in [0, 0.05) is 21.5 Å². The Labute approximate surface area is 220 Å². The van der Waals surface area contributed by atoms with E-state index in [1.807, 2.05) is 54.6 Å². The van der Waals surface area contributed by atoms with Gasteiger partial charge in [0.2, 0.25) is 0 Å². The molecule has 0 aliphatic heterocycles. The lowest BCUT2D eigenvalue weighted by molar-refractivity contribution is -0.137. The van der Waals surface area contributed by atoms with Gasteiger partial charge in [0.15, 0.2) is 13.2 Å². The monoisotopic (exact) mass is 506 g/mol. The molecule has 0 saturated carbocycles. The lowest BCUT2D eigenvalue weighted by Crippen LogP contribution is -2.19. The van der Waals surface area contributed by atoms with Gasteiger partial charge in [-0.15, -0.1) is 0 Å². The smallest absolute Gasteiger partial charge is 0.349 e. The van der Waals surface area contributed by atoms with Crippen molar-refractivity contribution in [3.8, 4) is 23.0 Å². The number of fused-ring (bicyclic) bond motifs is 2. The number of esters is 2. The molecule has 0 spiro atoms. The van der Waals surface area contributed by atoms with E-state index in [4.69, 9.17) is 18.9 Å². The molecule has 5 rings (SSSR count). The fourth-order valence-corrected chi connectivity index (χ4v) is 4.24. The Bertz CT molecular complexity index is 1580. The molecule has 0 heterocycles. The summed E-state index contributed by atoms with van der Waals surface area (Å²) in [5, 5.41) is 3.05. The van der Waals surface area contributed by atoms with Crippen molar-refractivity contribution in [2.45, 2.75) is 13.3 Å². The van der Waals surface area contributed by atoms with Crippen LogP contribution in [0.1, 0.15) is 12.5 Å². The summed E-state index contributed by atoms with van der Waals surface area (Å²) in [6.07, 6.45) is 0.817. The molecule has 38 heavy (non-hydrogen) atoms. The van der Waals surface area contributed by atoms with Gasteiger partial charge in [-0.05, 0) is 42.3 Å². The SMILES string of the molecule is CCc1ccc2c(OCC(=O)Oc3ccccc3)c3ccccc3c(OCC(=O)Oc3ccccc3)c2c1. The van der Waals surface area contributed by atoms with Crippen LogP contribution < -0.4 is 18.9 Å². The van der Waals surface area contributed by atoms with Gasteiger partial charge in [0.05, 0.1) is 0 Å². The summed E-state index contributed by atoms with van der Waals surface area (Å²) >= 11 is 0. The van der Waals surface area contributed by atoms with Crippen molar-refractivity contribution in [3.63, 3.8) is 0 Å². The van der Waals surface area contributed by atoms with Crippen molar-refractivity contribution >= 4 is 33.5 Å². The van der Waals surface area contributed by atoms with Gasteiger partial charge in [-0.25, -0.2) is 9.59 Å². The molecule has 5 aromatic rings. The quantitative estimate of drug-likeness (QED) is 0.129. The van der Waals surface area contributed by atoms with Gasteiger partial charge in [-0.2, -0.15) is 0 Å². The minimum atomic E-state index is -0.511. The summed E-state index contributed by atoms with van der Waals surface area (Å²) in [7, 11) is 0. The molecular weight excluding hydrogens is 480 g/mol. The molecule has 0 N–H and O–H groups in total. The molecule has 0 radical (unpaired) electrons. The average molecular weight is 507 g/mol. The highest BCUT2D eigenvalue weighted by molar-refractivity contribution is 6.11. The van der Waals surface area contributed by atoms with Crippen molar-refractivity contribution in [1.29, 1.82) is 0 Å². The first-order chi connectivity index (χ1) is 18.6. The van der Waals surface area contributed by atoms with Crippen molar-refractivity contribution in [2.75, 3.05) is 13.2 Å². The molecule has 0 amide bonds. The highest BCUT2D eigenvalue weighted by atomic mass is 16.6. The predicted octanol–water partition coefficient (Wildman–Crippen LogP) is 6.52. The van der Waals surface area contributed by atoms with Crippen molar-refractivity contribution in [3.05, 3.63) is 109 Å². The summed E-state index contributed by atoms with van der Waals surface area (Å²) in [4.78, 5) is 25.1. The highest BCUT2D eigenvalue weighted by Gasteiger charge is 2.19. The average Bonchev–Trinajstić information content (AvgIpc) is 2.95. The van der Waals surface area contributed by atoms with E-state index in [9.17, 15) is 9.59 Å². The van der Waals surface area contributed by atoms with E-state index in [1.54, 1.807) is 48.5 Å². The van der Waals surface area contributed by atoms with E-state index in [0.29, 0.717) is 23.0 Å². The molecular formula is C32H26O6. The van der Waals surface area contributed by atoms with Gasteiger partial charge < -0.3 is 18.9 Å². The Morgan fingerprint density at radius 2 is 1.00 bits per heavy atom. The summed E-state index contributed by atoms with van der Waals surface area (Å²) in [5.74, 6) is 0.981. The van der Waals surface area contributed by atoms with Crippen LogP contribution in [0.4, 0.5) is 0 Å². The number of carbonyl (C=O) groups is 2. The van der Waals surface area contributed by atoms with Gasteiger partial charge in [-0.3, -0.25) is 0 Å². The molecule has 6 nitrogen and oxygen atoms in total. The second-order valence-electron chi connectivity index (χ2n) is 8.59. The lowest BCUT2D eigenvalue weighted by atomic mass is 9.98. The van der Waals surface area contributed by atoms with Crippen LogP contribution in [0.5, 0.6) is 23.0 Å². The first-order valence-corrected chi connectivity index (χ1v) is 12.4. The Morgan fingerprint density at radius 1 is 0.553 bits per heavy atom. The maximum absolute atomic E-state index is 12.6. The van der Waals surface area contributed by atoms with E-state index < -0.39 is 11.9 Å². The van der Waals surface area contributed by atoms with Gasteiger partial charge in [-0.1, -0.05) is 79.7 Å². The highest BCUT2D eigenvalue weighted by Crippen LogP contribution is 2.43. The Morgan fingerprint density at radius 3 is 1.50 bits per heavy atom. The molecule has 190 valence electrons. The molecule has 0 unspecified atom stereocenters. The summed E-state index contributed by atoms with van der Waals surface area (Å²) in [6, 6.07) is 31.3. The van der Waals surface area contributed by atoms with Crippen LogP contribution in [0.2, 0.25) is 0 Å². The molecule has 0 fully saturated rings. The Balaban J connectivity index is 1.47. The third-order valence-electron chi connectivity index (χ3n) is 6.02. The second-order valence-corrected chi connectivity index (χ2v) is 8.59. The molecule has 5 aromatic carbocycles. The van der Waals surface area contributed by atoms with Crippen LogP contribution >= 0.6 is 0 Å². The van der Waals surface area contributed by atoms with Gasteiger partial charge >= 0.3 is 11.9 Å². The topological polar surface area (TPSA) is 71.1 Å². The fourth-order valence-electron chi connectivity index (χ4n) is 4.24. The first-order valence-electron chi connectivity index (χ1n) is 12.4. The van der Waals surface area contributed by atoms with Crippen molar-refractivity contribution in [2.24, 2.45) is 0 Å². The molecule has 0 aliphatic rings. The van der Waals surface area contributed by atoms with Crippen LogP contribution in [0.15, 0.2) is 103 Å². The number of hydrogen-bond donors (Lipinski definition) is 0. The van der Waals surface area contributed by atoms with Crippen LogP contribution in [-0.4, -0.2) is 25.2 Å². The van der Waals surface area contributed by atoms with Crippen LogP contribution in [0.3, 0.4) is 0 Å². The molecule has 0 aromatic heterocycles. The van der Waals surface area contributed by atoms with Crippen molar-refractivity contribution < 1.29 is 28.5 Å². The number of rotatable bonds is 9. The number of ether oxygens (including phenoxy) is 4. The zero-order valence-corrected chi connectivity index (χ0v) is 20.9. The van der Waals surface area contributed by atoms with Crippen LogP contribution in [0.25, 0.3) is 21.5 Å². The zero-order chi connectivity index (χ0) is 26.3. The van der Waals surface area contributed by atoms with Crippen LogP contribution in [-0.2, 0) is 16.0 Å². The Hall–Kier alpha value is -4.84. The van der Waals surface area contributed by atoms with Crippen molar-refractivity contribution in [1.82, 2.24) is 0 Å². The molecule has 0 saturated heterocycles. The van der Waals surface area contributed by atoms with E-state index in [1.165, 1.54) is 0 Å². The summed E-state index contributed by atoms with van der Waals surface area (Å²) in [5.41, 5.74) is 1.10. The number of benzene rings is 5. The maximum atomic E-state index is 12.6. The zero-order valence-electron chi connectivity index (χ0n) is 20.9. The summed E-state index contributed by atoms with van der Waals surface area (Å²) in [6.45, 7) is 1.53. The van der Waals surface area contributed by atoms with E-state index in [2.05, 4.69) is 6.92 Å². The summed E-state index contributed by atoms with van der Waals surface area (Å²) < 4.78 is 23.0. The third kappa shape index (κ3) is 5.60. The van der Waals surface area contributed by atoms with Gasteiger partial charge in [0.1, 0.15) is 23.0 Å². The van der Waals surface area contributed by atoms with E-state index in [-0.39, 0.29) is 13.2 Å². The standard InChI is InChI=1S/C32H26O6/c1-2-22-17-18-27-28(19-22)32(36-21-30(34)38-24-13-7-4-8-14-24)26-16-10-9-15-25(26)31(27)35-20-29(33)37-23-11-5-3-6-12-23/h3-19H,2,20-21H2,1H3. The number of hydrogen-bond acceptors (Lipinski definition) is 6. The number of carbonyl (C=O) groups excluding carboxylic acids is 2. The van der Waals surface area contributed by atoms with E-state index in [0.717, 1.165) is 33.5 Å². The normalized spacial score (nSPS) is 10.8. The minimum Gasteiger partial charge on any atom is -0.481 e.